The average Bonchev–Trinajstić information content (AvgIpc) is 2.78. The van der Waals surface area contributed by atoms with Gasteiger partial charge in [0, 0.05) is 12.2 Å². The molecule has 0 unspecified atom stereocenters. The fourth-order valence-electron chi connectivity index (χ4n) is 2.57. The number of rotatable bonds is 2. The molecular weight excluding hydrogens is 190 g/mol. The first-order valence-electron chi connectivity index (χ1n) is 5.86. The van der Waals surface area contributed by atoms with Crippen molar-refractivity contribution in [1.82, 2.24) is 4.90 Å². The summed E-state index contributed by atoms with van der Waals surface area (Å²) in [6.07, 6.45) is 9.20. The van der Waals surface area contributed by atoms with Crippen molar-refractivity contribution in [1.29, 1.82) is 0 Å². The van der Waals surface area contributed by atoms with Gasteiger partial charge in [-0.05, 0) is 38.5 Å². The average molecular weight is 209 g/mol. The highest BCUT2D eigenvalue weighted by Crippen LogP contribution is 2.28. The van der Waals surface area contributed by atoms with Crippen molar-refractivity contribution in [2.75, 3.05) is 13.7 Å². The number of hydrogen-bond donors (Lipinski definition) is 0. The molecule has 0 saturated carbocycles. The number of hydrogen-bond acceptors (Lipinski definition) is 3. The maximum Gasteiger partial charge on any atom is 0.328 e. The standard InChI is InChI=1S/C12H19NO2/c1-15-12(14)11-8-5-9-13(11)10-6-3-2-4-7-10/h6,11H,2-5,7-9H2,1H3/t11-/m0/s1. The summed E-state index contributed by atoms with van der Waals surface area (Å²) in [5.41, 5.74) is 1.37. The highest BCUT2D eigenvalue weighted by atomic mass is 16.5. The second-order valence-corrected chi connectivity index (χ2v) is 4.32. The lowest BCUT2D eigenvalue weighted by molar-refractivity contribution is -0.145. The third-order valence-corrected chi connectivity index (χ3v) is 3.36. The van der Waals surface area contributed by atoms with Gasteiger partial charge in [0.2, 0.25) is 0 Å². The zero-order chi connectivity index (χ0) is 10.7. The molecule has 84 valence electrons. The first kappa shape index (κ1) is 10.5. The molecule has 3 heteroatoms. The molecule has 0 amide bonds. The Labute approximate surface area is 91.1 Å². The summed E-state index contributed by atoms with van der Waals surface area (Å²) in [6.45, 7) is 1.02. The lowest BCUT2D eigenvalue weighted by Crippen LogP contribution is -2.36. The van der Waals surface area contributed by atoms with E-state index in [-0.39, 0.29) is 12.0 Å². The SMILES string of the molecule is COC(=O)[C@@H]1CCCN1C1=CCCCC1. The number of carbonyl (C=O) groups excluding carboxylic acids is 1. The summed E-state index contributed by atoms with van der Waals surface area (Å²) in [4.78, 5) is 13.8. The molecule has 3 nitrogen and oxygen atoms in total. The number of likely N-dealkylation sites (tertiary alicyclic amines) is 1. The van der Waals surface area contributed by atoms with Crippen molar-refractivity contribution >= 4 is 5.97 Å². The summed E-state index contributed by atoms with van der Waals surface area (Å²) in [5.74, 6) is -0.0704. The maximum atomic E-state index is 11.6. The van der Waals surface area contributed by atoms with Gasteiger partial charge in [0.1, 0.15) is 6.04 Å². The fourth-order valence-corrected chi connectivity index (χ4v) is 2.57. The van der Waals surface area contributed by atoms with Gasteiger partial charge in [0.05, 0.1) is 7.11 Å². The van der Waals surface area contributed by atoms with Crippen LogP contribution in [0.3, 0.4) is 0 Å². The molecule has 1 aliphatic heterocycles. The van der Waals surface area contributed by atoms with Crippen LogP contribution in [0.25, 0.3) is 0 Å². The molecule has 1 heterocycles. The molecule has 0 bridgehead atoms. The molecule has 0 spiro atoms. The number of nitrogens with zero attached hydrogens (tertiary/aromatic N) is 1. The van der Waals surface area contributed by atoms with Crippen LogP contribution in [0.1, 0.15) is 38.5 Å². The molecular formula is C12H19NO2. The molecule has 2 aliphatic rings. The smallest absolute Gasteiger partial charge is 0.328 e. The van der Waals surface area contributed by atoms with E-state index in [1.165, 1.54) is 32.1 Å². The first-order chi connectivity index (χ1) is 7.33. The van der Waals surface area contributed by atoms with Gasteiger partial charge in [-0.25, -0.2) is 4.79 Å². The molecule has 0 aromatic carbocycles. The minimum absolute atomic E-state index is 0.0145. The van der Waals surface area contributed by atoms with Crippen molar-refractivity contribution in [2.45, 2.75) is 44.6 Å². The molecule has 0 aromatic heterocycles. The van der Waals surface area contributed by atoms with E-state index in [4.69, 9.17) is 4.74 Å². The van der Waals surface area contributed by atoms with Gasteiger partial charge in [-0.2, -0.15) is 0 Å². The summed E-state index contributed by atoms with van der Waals surface area (Å²) < 4.78 is 4.85. The fraction of sp³-hybridized carbons (Fsp3) is 0.750. The molecule has 1 saturated heterocycles. The number of esters is 1. The van der Waals surface area contributed by atoms with E-state index in [2.05, 4.69) is 11.0 Å². The Kier molecular flexibility index (Phi) is 3.29. The summed E-state index contributed by atoms with van der Waals surface area (Å²) in [5, 5.41) is 0. The Morgan fingerprint density at radius 1 is 1.47 bits per heavy atom. The van der Waals surface area contributed by atoms with Crippen LogP contribution in [0.5, 0.6) is 0 Å². The summed E-state index contributed by atoms with van der Waals surface area (Å²) in [6, 6.07) is -0.0145. The molecule has 1 atom stereocenters. The van der Waals surface area contributed by atoms with Crippen LogP contribution >= 0.6 is 0 Å². The van der Waals surface area contributed by atoms with Gasteiger partial charge in [0.15, 0.2) is 0 Å². The predicted molar refractivity (Wildman–Crippen MR) is 58.3 cm³/mol. The van der Waals surface area contributed by atoms with E-state index < -0.39 is 0 Å². The van der Waals surface area contributed by atoms with Crippen LogP contribution in [-0.2, 0) is 9.53 Å². The topological polar surface area (TPSA) is 29.5 Å². The lowest BCUT2D eigenvalue weighted by Gasteiger charge is -2.29. The zero-order valence-electron chi connectivity index (χ0n) is 9.37. The number of allylic oxidation sites excluding steroid dienone is 2. The van der Waals surface area contributed by atoms with Crippen molar-refractivity contribution < 1.29 is 9.53 Å². The van der Waals surface area contributed by atoms with Gasteiger partial charge in [-0.15, -0.1) is 0 Å². The van der Waals surface area contributed by atoms with Crippen molar-refractivity contribution in [3.05, 3.63) is 11.8 Å². The van der Waals surface area contributed by atoms with E-state index in [0.717, 1.165) is 25.8 Å². The number of ether oxygens (including phenoxy) is 1. The van der Waals surface area contributed by atoms with Gasteiger partial charge in [0.25, 0.3) is 0 Å². The molecule has 0 N–H and O–H groups in total. The highest BCUT2D eigenvalue weighted by Gasteiger charge is 2.32. The van der Waals surface area contributed by atoms with Crippen LogP contribution < -0.4 is 0 Å². The molecule has 1 fully saturated rings. The van der Waals surface area contributed by atoms with Crippen molar-refractivity contribution in [3.63, 3.8) is 0 Å². The van der Waals surface area contributed by atoms with Crippen LogP contribution in [-0.4, -0.2) is 30.6 Å². The minimum atomic E-state index is -0.0704. The second-order valence-electron chi connectivity index (χ2n) is 4.32. The van der Waals surface area contributed by atoms with Gasteiger partial charge in [-0.1, -0.05) is 6.08 Å². The largest absolute Gasteiger partial charge is 0.467 e. The lowest BCUT2D eigenvalue weighted by atomic mass is 10.0. The molecule has 0 radical (unpaired) electrons. The minimum Gasteiger partial charge on any atom is -0.467 e. The van der Waals surface area contributed by atoms with Crippen LogP contribution in [0.2, 0.25) is 0 Å². The van der Waals surface area contributed by atoms with E-state index in [1.54, 1.807) is 0 Å². The van der Waals surface area contributed by atoms with Gasteiger partial charge >= 0.3 is 5.97 Å². The quantitative estimate of drug-likeness (QED) is 0.652. The highest BCUT2D eigenvalue weighted by molar-refractivity contribution is 5.76. The van der Waals surface area contributed by atoms with Crippen LogP contribution in [0.15, 0.2) is 11.8 Å². The summed E-state index contributed by atoms with van der Waals surface area (Å²) >= 11 is 0. The Morgan fingerprint density at radius 3 is 3.00 bits per heavy atom. The molecule has 1 aliphatic carbocycles. The van der Waals surface area contributed by atoms with E-state index in [1.807, 2.05) is 0 Å². The Balaban J connectivity index is 2.06. The number of carbonyl (C=O) groups is 1. The predicted octanol–water partition coefficient (Wildman–Crippen LogP) is 2.08. The van der Waals surface area contributed by atoms with Crippen molar-refractivity contribution in [2.24, 2.45) is 0 Å². The molecule has 15 heavy (non-hydrogen) atoms. The molecule has 0 aromatic rings. The Bertz CT molecular complexity index is 273. The molecule has 2 rings (SSSR count). The Morgan fingerprint density at radius 2 is 2.33 bits per heavy atom. The van der Waals surface area contributed by atoms with Gasteiger partial charge < -0.3 is 9.64 Å². The van der Waals surface area contributed by atoms with E-state index in [0.29, 0.717) is 0 Å². The van der Waals surface area contributed by atoms with E-state index >= 15 is 0 Å². The maximum absolute atomic E-state index is 11.6. The third-order valence-electron chi connectivity index (χ3n) is 3.36. The van der Waals surface area contributed by atoms with E-state index in [9.17, 15) is 4.79 Å². The van der Waals surface area contributed by atoms with Crippen LogP contribution in [0, 0.1) is 0 Å². The number of methoxy groups -OCH3 is 1. The normalized spacial score (nSPS) is 26.3. The summed E-state index contributed by atoms with van der Waals surface area (Å²) in [7, 11) is 1.48. The van der Waals surface area contributed by atoms with Gasteiger partial charge in [-0.3, -0.25) is 0 Å². The first-order valence-corrected chi connectivity index (χ1v) is 5.86. The monoisotopic (exact) mass is 209 g/mol. The van der Waals surface area contributed by atoms with Crippen molar-refractivity contribution in [3.8, 4) is 0 Å². The third kappa shape index (κ3) is 2.16. The second kappa shape index (κ2) is 4.69. The van der Waals surface area contributed by atoms with Crippen LogP contribution in [0.4, 0.5) is 0 Å². The zero-order valence-corrected chi connectivity index (χ0v) is 9.37. The Hall–Kier alpha value is -0.990.